The second kappa shape index (κ2) is 5.84. The van der Waals surface area contributed by atoms with Gasteiger partial charge in [0.05, 0.1) is 6.04 Å². The number of hydrogen-bond donors (Lipinski definition) is 2. The van der Waals surface area contributed by atoms with Crippen molar-refractivity contribution in [3.63, 3.8) is 0 Å². The van der Waals surface area contributed by atoms with Gasteiger partial charge in [-0.2, -0.15) is 0 Å². The molecule has 2 amide bonds. The average Bonchev–Trinajstić information content (AvgIpc) is 2.83. The van der Waals surface area contributed by atoms with Crippen LogP contribution >= 0.6 is 0 Å². The highest BCUT2D eigenvalue weighted by atomic mass is 19.1. The highest BCUT2D eigenvalue weighted by molar-refractivity contribution is 5.91. The smallest absolute Gasteiger partial charge is 0.243 e. The summed E-state index contributed by atoms with van der Waals surface area (Å²) in [6.07, 6.45) is 4.26. The van der Waals surface area contributed by atoms with Crippen LogP contribution in [0, 0.1) is 11.7 Å². The fourth-order valence-electron chi connectivity index (χ4n) is 2.98. The largest absolute Gasteiger partial charge is 0.347 e. The van der Waals surface area contributed by atoms with Gasteiger partial charge in [-0.15, -0.1) is 0 Å². The van der Waals surface area contributed by atoms with Crippen molar-refractivity contribution in [3.05, 3.63) is 35.6 Å². The zero-order chi connectivity index (χ0) is 14.8. The topological polar surface area (TPSA) is 58.2 Å². The minimum absolute atomic E-state index is 0.0721. The van der Waals surface area contributed by atoms with Gasteiger partial charge in [0.25, 0.3) is 0 Å². The van der Waals surface area contributed by atoms with Gasteiger partial charge in [0.15, 0.2) is 0 Å². The molecule has 1 aliphatic heterocycles. The van der Waals surface area contributed by atoms with Gasteiger partial charge < -0.3 is 10.6 Å². The van der Waals surface area contributed by atoms with E-state index >= 15 is 0 Å². The van der Waals surface area contributed by atoms with Crippen LogP contribution in [0.2, 0.25) is 0 Å². The van der Waals surface area contributed by atoms with Crippen molar-refractivity contribution in [2.24, 2.45) is 5.92 Å². The van der Waals surface area contributed by atoms with Crippen LogP contribution < -0.4 is 10.6 Å². The molecule has 1 aromatic carbocycles. The summed E-state index contributed by atoms with van der Waals surface area (Å²) in [6, 6.07) is 5.78. The zero-order valence-corrected chi connectivity index (χ0v) is 11.8. The molecule has 0 aromatic heterocycles. The predicted octanol–water partition coefficient (Wildman–Crippen LogP) is 2.06. The van der Waals surface area contributed by atoms with Crippen LogP contribution in [-0.4, -0.2) is 17.9 Å². The van der Waals surface area contributed by atoms with Crippen molar-refractivity contribution in [3.8, 4) is 0 Å². The van der Waals surface area contributed by atoms with E-state index in [9.17, 15) is 14.0 Å². The monoisotopic (exact) mass is 290 g/mol. The third-order valence-electron chi connectivity index (χ3n) is 4.46. The van der Waals surface area contributed by atoms with Gasteiger partial charge in [-0.1, -0.05) is 18.6 Å². The maximum atomic E-state index is 13.1. The summed E-state index contributed by atoms with van der Waals surface area (Å²) in [7, 11) is 0. The predicted molar refractivity (Wildman–Crippen MR) is 75.8 cm³/mol. The molecule has 0 unspecified atom stereocenters. The molecule has 1 aliphatic carbocycles. The van der Waals surface area contributed by atoms with Crippen LogP contribution in [-0.2, 0) is 9.59 Å². The molecule has 0 bridgehead atoms. The molecule has 0 spiro atoms. The highest BCUT2D eigenvalue weighted by Gasteiger charge is 2.33. The SMILES string of the molecule is O=C1CC[C@H](C(=O)N[C@@H](c2ccc(F)cc2)C2CCC2)N1. The van der Waals surface area contributed by atoms with Gasteiger partial charge >= 0.3 is 0 Å². The van der Waals surface area contributed by atoms with Gasteiger partial charge in [0, 0.05) is 6.42 Å². The lowest BCUT2D eigenvalue weighted by Gasteiger charge is -2.35. The van der Waals surface area contributed by atoms with Gasteiger partial charge in [0.2, 0.25) is 11.8 Å². The third kappa shape index (κ3) is 3.06. The number of hydrogen-bond acceptors (Lipinski definition) is 2. The van der Waals surface area contributed by atoms with Crippen molar-refractivity contribution in [1.82, 2.24) is 10.6 Å². The second-order valence-corrected chi connectivity index (χ2v) is 5.89. The van der Waals surface area contributed by atoms with Crippen LogP contribution in [0.3, 0.4) is 0 Å². The molecule has 21 heavy (non-hydrogen) atoms. The summed E-state index contributed by atoms with van der Waals surface area (Å²) in [6.45, 7) is 0. The quantitative estimate of drug-likeness (QED) is 0.892. The first-order chi connectivity index (χ1) is 10.1. The number of amides is 2. The molecule has 112 valence electrons. The van der Waals surface area contributed by atoms with E-state index in [4.69, 9.17) is 0 Å². The normalized spacial score (nSPS) is 23.3. The van der Waals surface area contributed by atoms with E-state index in [0.29, 0.717) is 18.8 Å². The molecule has 4 nitrogen and oxygen atoms in total. The first-order valence-electron chi connectivity index (χ1n) is 7.48. The van der Waals surface area contributed by atoms with Crippen LogP contribution in [0.25, 0.3) is 0 Å². The Morgan fingerprint density at radius 2 is 1.95 bits per heavy atom. The van der Waals surface area contributed by atoms with Crippen molar-refractivity contribution in [2.45, 2.75) is 44.2 Å². The number of rotatable bonds is 4. The van der Waals surface area contributed by atoms with Crippen LogP contribution in [0.4, 0.5) is 4.39 Å². The Labute approximate surface area is 123 Å². The fourth-order valence-corrected chi connectivity index (χ4v) is 2.98. The number of benzene rings is 1. The summed E-state index contributed by atoms with van der Waals surface area (Å²) in [5, 5.41) is 5.72. The average molecular weight is 290 g/mol. The first kappa shape index (κ1) is 14.0. The summed E-state index contributed by atoms with van der Waals surface area (Å²) >= 11 is 0. The van der Waals surface area contributed by atoms with Gasteiger partial charge in [-0.3, -0.25) is 9.59 Å². The number of carbonyl (C=O) groups is 2. The zero-order valence-electron chi connectivity index (χ0n) is 11.8. The number of halogens is 1. The Hall–Kier alpha value is -1.91. The molecule has 2 fully saturated rings. The van der Waals surface area contributed by atoms with Crippen LogP contribution in [0.5, 0.6) is 0 Å². The summed E-state index contributed by atoms with van der Waals surface area (Å²) in [5.74, 6) is -0.0868. The molecule has 1 heterocycles. The third-order valence-corrected chi connectivity index (χ3v) is 4.46. The lowest BCUT2D eigenvalue weighted by Crippen LogP contribution is -2.45. The lowest BCUT2D eigenvalue weighted by molar-refractivity contribution is -0.126. The van der Waals surface area contributed by atoms with E-state index in [1.807, 2.05) is 0 Å². The van der Waals surface area contributed by atoms with E-state index in [1.54, 1.807) is 12.1 Å². The van der Waals surface area contributed by atoms with Gasteiger partial charge in [-0.25, -0.2) is 4.39 Å². The van der Waals surface area contributed by atoms with E-state index < -0.39 is 6.04 Å². The molecule has 2 atom stereocenters. The molecule has 1 saturated heterocycles. The number of carbonyl (C=O) groups excluding carboxylic acids is 2. The van der Waals surface area contributed by atoms with Crippen molar-refractivity contribution < 1.29 is 14.0 Å². The van der Waals surface area contributed by atoms with Crippen LogP contribution in [0.15, 0.2) is 24.3 Å². The maximum absolute atomic E-state index is 13.1. The summed E-state index contributed by atoms with van der Waals surface area (Å²) < 4.78 is 13.1. The Morgan fingerprint density at radius 1 is 1.24 bits per heavy atom. The van der Waals surface area contributed by atoms with Crippen molar-refractivity contribution in [1.29, 1.82) is 0 Å². The molecule has 3 rings (SSSR count). The Kier molecular flexibility index (Phi) is 3.90. The van der Waals surface area contributed by atoms with E-state index in [0.717, 1.165) is 18.4 Å². The van der Waals surface area contributed by atoms with Crippen molar-refractivity contribution >= 4 is 11.8 Å². The summed E-state index contributed by atoms with van der Waals surface area (Å²) in [5.41, 5.74) is 0.929. The molecule has 1 saturated carbocycles. The first-order valence-corrected chi connectivity index (χ1v) is 7.48. The number of nitrogens with one attached hydrogen (secondary N) is 2. The van der Waals surface area contributed by atoms with Gasteiger partial charge in [-0.05, 0) is 42.9 Å². The second-order valence-electron chi connectivity index (χ2n) is 5.89. The molecular weight excluding hydrogens is 271 g/mol. The van der Waals surface area contributed by atoms with E-state index in [1.165, 1.54) is 18.6 Å². The minimum Gasteiger partial charge on any atom is -0.347 e. The van der Waals surface area contributed by atoms with Crippen LogP contribution in [0.1, 0.15) is 43.7 Å². The minimum atomic E-state index is -0.430. The molecular formula is C16H19FN2O2. The van der Waals surface area contributed by atoms with E-state index in [2.05, 4.69) is 10.6 Å². The Morgan fingerprint density at radius 3 is 2.48 bits per heavy atom. The molecule has 2 aliphatic rings. The molecule has 2 N–H and O–H groups in total. The molecule has 5 heteroatoms. The van der Waals surface area contributed by atoms with E-state index in [-0.39, 0.29) is 23.7 Å². The van der Waals surface area contributed by atoms with Crippen molar-refractivity contribution in [2.75, 3.05) is 0 Å². The van der Waals surface area contributed by atoms with Gasteiger partial charge in [0.1, 0.15) is 11.9 Å². The lowest BCUT2D eigenvalue weighted by atomic mass is 9.77. The molecule has 1 aromatic rings. The fraction of sp³-hybridized carbons (Fsp3) is 0.500. The Bertz CT molecular complexity index is 540. The Balaban J connectivity index is 1.72. The summed E-state index contributed by atoms with van der Waals surface area (Å²) in [4.78, 5) is 23.5. The molecule has 0 radical (unpaired) electrons. The highest BCUT2D eigenvalue weighted by Crippen LogP contribution is 2.37. The maximum Gasteiger partial charge on any atom is 0.243 e. The standard InChI is InChI=1S/C16H19FN2O2/c17-12-6-4-11(5-7-12)15(10-2-1-3-10)19-16(21)13-8-9-14(20)18-13/h4-7,10,13,15H,1-3,8-9H2,(H,18,20)(H,19,21)/t13-,15-/m1/s1.